The Hall–Kier alpha value is -1.39. The number of hydrogen-bond donors (Lipinski definition) is 2. The van der Waals surface area contributed by atoms with Gasteiger partial charge in [0, 0.05) is 12.6 Å². The first-order valence-corrected chi connectivity index (χ1v) is 9.02. The number of nitrogens with zero attached hydrogens (tertiary/aromatic N) is 1. The van der Waals surface area contributed by atoms with Crippen LogP contribution in [0, 0.1) is 0 Å². The lowest BCUT2D eigenvalue weighted by Crippen LogP contribution is -2.50. The van der Waals surface area contributed by atoms with Gasteiger partial charge in [0.2, 0.25) is 5.91 Å². The Morgan fingerprint density at radius 2 is 2.13 bits per heavy atom. The maximum absolute atomic E-state index is 12.3. The fourth-order valence-corrected chi connectivity index (χ4v) is 3.26. The van der Waals surface area contributed by atoms with E-state index in [1.54, 1.807) is 0 Å². The SMILES string of the molecule is CCCCN1CCCCC1CNC(=O)C(N)Cc1ccccc1. The van der Waals surface area contributed by atoms with E-state index in [9.17, 15) is 4.79 Å². The molecule has 1 aliphatic rings. The molecule has 0 radical (unpaired) electrons. The van der Waals surface area contributed by atoms with Gasteiger partial charge in [-0.05, 0) is 44.3 Å². The molecule has 2 unspecified atom stereocenters. The Balaban J connectivity index is 1.77. The van der Waals surface area contributed by atoms with Gasteiger partial charge in [-0.1, -0.05) is 50.1 Å². The predicted octanol–water partition coefficient (Wildman–Crippen LogP) is 2.33. The van der Waals surface area contributed by atoms with E-state index in [0.717, 1.165) is 25.2 Å². The number of carbonyl (C=O) groups excluding carboxylic acids is 1. The zero-order valence-electron chi connectivity index (χ0n) is 14.3. The Bertz CT molecular complexity index is 463. The molecule has 1 heterocycles. The molecular formula is C19H31N3O. The van der Waals surface area contributed by atoms with Crippen LogP contribution in [0.15, 0.2) is 30.3 Å². The van der Waals surface area contributed by atoms with Crippen LogP contribution in [0.1, 0.15) is 44.6 Å². The molecule has 1 aromatic carbocycles. The van der Waals surface area contributed by atoms with Crippen LogP contribution >= 0.6 is 0 Å². The number of nitrogens with two attached hydrogens (primary N) is 1. The minimum absolute atomic E-state index is 0.0325. The van der Waals surface area contributed by atoms with Crippen LogP contribution < -0.4 is 11.1 Å². The fraction of sp³-hybridized carbons (Fsp3) is 0.632. The Labute approximate surface area is 140 Å². The normalized spacial score (nSPS) is 20.2. The number of benzene rings is 1. The molecule has 1 saturated heterocycles. The van der Waals surface area contributed by atoms with Crippen molar-refractivity contribution in [1.29, 1.82) is 0 Å². The molecule has 1 aliphatic heterocycles. The maximum atomic E-state index is 12.3. The van der Waals surface area contributed by atoms with Gasteiger partial charge in [0.05, 0.1) is 6.04 Å². The molecule has 0 saturated carbocycles. The second-order valence-electron chi connectivity index (χ2n) is 6.58. The van der Waals surface area contributed by atoms with E-state index in [-0.39, 0.29) is 5.91 Å². The number of likely N-dealkylation sites (tertiary alicyclic amines) is 1. The van der Waals surface area contributed by atoms with Gasteiger partial charge in [-0.25, -0.2) is 0 Å². The van der Waals surface area contributed by atoms with E-state index in [4.69, 9.17) is 5.73 Å². The number of unbranched alkanes of at least 4 members (excludes halogenated alkanes) is 1. The average Bonchev–Trinajstić information content (AvgIpc) is 2.59. The Morgan fingerprint density at radius 1 is 1.35 bits per heavy atom. The van der Waals surface area contributed by atoms with Crippen LogP contribution in [0.2, 0.25) is 0 Å². The van der Waals surface area contributed by atoms with E-state index in [0.29, 0.717) is 12.5 Å². The van der Waals surface area contributed by atoms with Crippen molar-refractivity contribution in [2.45, 2.75) is 57.5 Å². The smallest absolute Gasteiger partial charge is 0.237 e. The van der Waals surface area contributed by atoms with Gasteiger partial charge in [0.15, 0.2) is 0 Å². The number of nitrogens with one attached hydrogen (secondary N) is 1. The second kappa shape index (κ2) is 9.68. The minimum Gasteiger partial charge on any atom is -0.353 e. The third kappa shape index (κ3) is 5.96. The Kier molecular flexibility index (Phi) is 7.56. The molecular weight excluding hydrogens is 286 g/mol. The van der Waals surface area contributed by atoms with E-state index >= 15 is 0 Å². The summed E-state index contributed by atoms with van der Waals surface area (Å²) in [7, 11) is 0. The molecule has 128 valence electrons. The van der Waals surface area contributed by atoms with Crippen molar-refractivity contribution in [3.05, 3.63) is 35.9 Å². The first-order valence-electron chi connectivity index (χ1n) is 9.02. The van der Waals surface area contributed by atoms with Crippen LogP contribution in [0.4, 0.5) is 0 Å². The molecule has 0 spiro atoms. The van der Waals surface area contributed by atoms with Crippen LogP contribution in [-0.4, -0.2) is 42.5 Å². The van der Waals surface area contributed by atoms with Crippen LogP contribution in [0.25, 0.3) is 0 Å². The van der Waals surface area contributed by atoms with Crippen molar-refractivity contribution >= 4 is 5.91 Å². The predicted molar refractivity (Wildman–Crippen MR) is 95.3 cm³/mol. The number of carbonyl (C=O) groups is 1. The molecule has 2 rings (SSSR count). The lowest BCUT2D eigenvalue weighted by atomic mass is 10.0. The maximum Gasteiger partial charge on any atom is 0.237 e. The van der Waals surface area contributed by atoms with Gasteiger partial charge in [-0.15, -0.1) is 0 Å². The highest BCUT2D eigenvalue weighted by atomic mass is 16.2. The summed E-state index contributed by atoms with van der Waals surface area (Å²) in [6.45, 7) is 5.26. The van der Waals surface area contributed by atoms with Crippen molar-refractivity contribution in [3.63, 3.8) is 0 Å². The van der Waals surface area contributed by atoms with E-state index in [1.807, 2.05) is 30.3 Å². The summed E-state index contributed by atoms with van der Waals surface area (Å²) in [5.41, 5.74) is 7.16. The number of rotatable bonds is 8. The van der Waals surface area contributed by atoms with Crippen molar-refractivity contribution in [2.75, 3.05) is 19.6 Å². The molecule has 1 aromatic rings. The zero-order valence-corrected chi connectivity index (χ0v) is 14.3. The molecule has 0 bridgehead atoms. The molecule has 3 N–H and O–H groups in total. The van der Waals surface area contributed by atoms with Gasteiger partial charge in [-0.2, -0.15) is 0 Å². The van der Waals surface area contributed by atoms with Crippen molar-refractivity contribution in [1.82, 2.24) is 10.2 Å². The average molecular weight is 317 g/mol. The monoisotopic (exact) mass is 317 g/mol. The highest BCUT2D eigenvalue weighted by Gasteiger charge is 2.23. The van der Waals surface area contributed by atoms with Gasteiger partial charge in [0.25, 0.3) is 0 Å². The summed E-state index contributed by atoms with van der Waals surface area (Å²) in [4.78, 5) is 14.8. The first kappa shape index (κ1) is 18.0. The molecule has 23 heavy (non-hydrogen) atoms. The van der Waals surface area contributed by atoms with Gasteiger partial charge in [0.1, 0.15) is 0 Å². The zero-order chi connectivity index (χ0) is 16.5. The summed E-state index contributed by atoms with van der Waals surface area (Å²) in [5, 5.41) is 3.07. The van der Waals surface area contributed by atoms with E-state index < -0.39 is 6.04 Å². The largest absolute Gasteiger partial charge is 0.353 e. The Morgan fingerprint density at radius 3 is 2.87 bits per heavy atom. The first-order chi connectivity index (χ1) is 11.2. The summed E-state index contributed by atoms with van der Waals surface area (Å²) < 4.78 is 0. The number of amides is 1. The summed E-state index contributed by atoms with van der Waals surface area (Å²) in [5.74, 6) is -0.0325. The van der Waals surface area contributed by atoms with Gasteiger partial charge < -0.3 is 11.1 Å². The molecule has 2 atom stereocenters. The quantitative estimate of drug-likeness (QED) is 0.773. The minimum atomic E-state index is -0.468. The topological polar surface area (TPSA) is 58.4 Å². The lowest BCUT2D eigenvalue weighted by Gasteiger charge is -2.36. The third-order valence-electron chi connectivity index (χ3n) is 4.70. The number of hydrogen-bond acceptors (Lipinski definition) is 3. The summed E-state index contributed by atoms with van der Waals surface area (Å²) in [6, 6.07) is 9.97. The molecule has 0 aromatic heterocycles. The van der Waals surface area contributed by atoms with E-state index in [1.165, 1.54) is 32.1 Å². The summed E-state index contributed by atoms with van der Waals surface area (Å²) >= 11 is 0. The highest BCUT2D eigenvalue weighted by molar-refractivity contribution is 5.81. The summed E-state index contributed by atoms with van der Waals surface area (Å²) in [6.07, 6.45) is 6.77. The molecule has 4 nitrogen and oxygen atoms in total. The molecule has 1 fully saturated rings. The third-order valence-corrected chi connectivity index (χ3v) is 4.70. The van der Waals surface area contributed by atoms with Crippen LogP contribution in [0.5, 0.6) is 0 Å². The lowest BCUT2D eigenvalue weighted by molar-refractivity contribution is -0.122. The second-order valence-corrected chi connectivity index (χ2v) is 6.58. The van der Waals surface area contributed by atoms with Crippen LogP contribution in [0.3, 0.4) is 0 Å². The highest BCUT2D eigenvalue weighted by Crippen LogP contribution is 2.17. The van der Waals surface area contributed by atoms with Gasteiger partial charge >= 0.3 is 0 Å². The molecule has 1 amide bonds. The van der Waals surface area contributed by atoms with Crippen molar-refractivity contribution in [2.24, 2.45) is 5.73 Å². The fourth-order valence-electron chi connectivity index (χ4n) is 3.26. The molecule has 4 heteroatoms. The van der Waals surface area contributed by atoms with E-state index in [2.05, 4.69) is 17.1 Å². The van der Waals surface area contributed by atoms with Crippen molar-refractivity contribution < 1.29 is 4.79 Å². The standard InChI is InChI=1S/C19H31N3O/c1-2-3-12-22-13-8-7-11-17(22)15-21-19(23)18(20)14-16-9-5-4-6-10-16/h4-6,9-10,17-18H,2-3,7-8,11-15,20H2,1H3,(H,21,23). The molecule has 0 aliphatic carbocycles. The van der Waals surface area contributed by atoms with Crippen molar-refractivity contribution in [3.8, 4) is 0 Å². The van der Waals surface area contributed by atoms with Gasteiger partial charge in [-0.3, -0.25) is 9.69 Å². The number of piperidine rings is 1. The van der Waals surface area contributed by atoms with Crippen LogP contribution in [-0.2, 0) is 11.2 Å².